The smallest absolute Gasteiger partial charge is 0.437 e. The summed E-state index contributed by atoms with van der Waals surface area (Å²) in [5, 5.41) is 6.94. The normalized spacial score (nSPS) is 13.0. The fourth-order valence-corrected chi connectivity index (χ4v) is 4.41. The van der Waals surface area contributed by atoms with E-state index in [0.717, 1.165) is 21.4 Å². The first kappa shape index (κ1) is 29.7. The molecule has 8 heteroatoms. The van der Waals surface area contributed by atoms with Gasteiger partial charge in [-0.2, -0.15) is 5.10 Å². The number of ether oxygens (including phenoxy) is 2. The molecule has 0 aliphatic rings. The molecule has 1 heterocycles. The van der Waals surface area contributed by atoms with E-state index in [1.807, 2.05) is 73.7 Å². The zero-order valence-corrected chi connectivity index (χ0v) is 24.1. The lowest BCUT2D eigenvalue weighted by Gasteiger charge is -2.34. The van der Waals surface area contributed by atoms with Gasteiger partial charge in [0.25, 0.3) is 5.91 Å². The second-order valence-electron chi connectivity index (χ2n) is 10.9. The van der Waals surface area contributed by atoms with Crippen LogP contribution in [0.15, 0.2) is 103 Å². The molecule has 0 saturated heterocycles. The van der Waals surface area contributed by atoms with Crippen LogP contribution in [-0.4, -0.2) is 44.4 Å². The molecule has 0 spiro atoms. The molecule has 4 aromatic rings. The second-order valence-corrected chi connectivity index (χ2v) is 10.9. The lowest BCUT2D eigenvalue weighted by molar-refractivity contribution is -0.133. The molecule has 8 nitrogen and oxygen atoms in total. The van der Waals surface area contributed by atoms with Crippen molar-refractivity contribution in [1.29, 1.82) is 0 Å². The summed E-state index contributed by atoms with van der Waals surface area (Å²) in [6.45, 7) is 8.80. The van der Waals surface area contributed by atoms with E-state index in [0.29, 0.717) is 13.1 Å². The van der Waals surface area contributed by atoms with E-state index in [1.165, 1.54) is 6.20 Å². The van der Waals surface area contributed by atoms with Crippen LogP contribution in [0.3, 0.4) is 0 Å². The summed E-state index contributed by atoms with van der Waals surface area (Å²) in [6, 6.07) is 31.3. The third-order valence-electron chi connectivity index (χ3n) is 6.46. The lowest BCUT2D eigenvalue weighted by atomic mass is 10.1. The summed E-state index contributed by atoms with van der Waals surface area (Å²) >= 11 is 0. The molecule has 1 amide bonds. The van der Waals surface area contributed by atoms with Crippen molar-refractivity contribution < 1.29 is 19.1 Å². The van der Waals surface area contributed by atoms with Crippen molar-refractivity contribution in [1.82, 2.24) is 14.7 Å². The van der Waals surface area contributed by atoms with Gasteiger partial charge >= 0.3 is 6.09 Å². The molecule has 214 valence electrons. The van der Waals surface area contributed by atoms with Crippen LogP contribution in [0.2, 0.25) is 0 Å². The molecule has 2 unspecified atom stereocenters. The fourth-order valence-electron chi connectivity index (χ4n) is 4.41. The highest BCUT2D eigenvalue weighted by Crippen LogP contribution is 2.20. The molecule has 0 radical (unpaired) electrons. The largest absolute Gasteiger partial charge is 0.442 e. The maximum atomic E-state index is 13.9. The predicted octanol–water partition coefficient (Wildman–Crippen LogP) is 6.28. The molecular formula is C33H38N4O4. The minimum Gasteiger partial charge on any atom is -0.442 e. The highest BCUT2D eigenvalue weighted by Gasteiger charge is 2.32. The summed E-state index contributed by atoms with van der Waals surface area (Å²) in [4.78, 5) is 28.9. The number of rotatable bonds is 11. The average molecular weight is 555 g/mol. The minimum atomic E-state index is -0.871. The number of anilines is 1. The van der Waals surface area contributed by atoms with E-state index in [-0.39, 0.29) is 24.4 Å². The third kappa shape index (κ3) is 8.86. The van der Waals surface area contributed by atoms with Gasteiger partial charge in [0.15, 0.2) is 6.10 Å². The summed E-state index contributed by atoms with van der Waals surface area (Å²) in [5.41, 5.74) is 2.49. The van der Waals surface area contributed by atoms with Crippen LogP contribution < -0.4 is 5.32 Å². The van der Waals surface area contributed by atoms with Crippen LogP contribution in [0, 0.1) is 0 Å². The van der Waals surface area contributed by atoms with Gasteiger partial charge in [-0.25, -0.2) is 4.79 Å². The van der Waals surface area contributed by atoms with Crippen LogP contribution in [0.1, 0.15) is 44.4 Å². The SMILES string of the molecule is CC(C(OCc1ccccc1)C(=O)Nc1ccnn1C(=O)OC(C)(C)C)N(Cc1ccccc1)Cc1ccccc1. The number of aromatic nitrogens is 2. The molecule has 4 rings (SSSR count). The van der Waals surface area contributed by atoms with Gasteiger partial charge in [-0.15, -0.1) is 4.68 Å². The van der Waals surface area contributed by atoms with Crippen molar-refractivity contribution in [3.05, 3.63) is 120 Å². The molecule has 41 heavy (non-hydrogen) atoms. The van der Waals surface area contributed by atoms with Crippen molar-refractivity contribution in [2.24, 2.45) is 0 Å². The Balaban J connectivity index is 1.61. The van der Waals surface area contributed by atoms with Crippen LogP contribution in [0.25, 0.3) is 0 Å². The van der Waals surface area contributed by atoms with Gasteiger partial charge in [-0.3, -0.25) is 9.69 Å². The molecule has 0 bridgehead atoms. The Bertz CT molecular complexity index is 1340. The summed E-state index contributed by atoms with van der Waals surface area (Å²) in [7, 11) is 0. The van der Waals surface area contributed by atoms with Gasteiger partial charge in [-0.05, 0) is 44.4 Å². The number of carbonyl (C=O) groups is 2. The van der Waals surface area contributed by atoms with E-state index in [2.05, 4.69) is 39.6 Å². The Morgan fingerprint density at radius 3 is 1.85 bits per heavy atom. The number of nitrogens with zero attached hydrogens (tertiary/aromatic N) is 3. The molecule has 1 aromatic heterocycles. The van der Waals surface area contributed by atoms with Crippen LogP contribution in [-0.2, 0) is 34.0 Å². The van der Waals surface area contributed by atoms with Gasteiger partial charge in [-0.1, -0.05) is 91.0 Å². The zero-order valence-electron chi connectivity index (χ0n) is 24.1. The minimum absolute atomic E-state index is 0.211. The van der Waals surface area contributed by atoms with Crippen molar-refractivity contribution >= 4 is 17.8 Å². The maximum absolute atomic E-state index is 13.9. The third-order valence-corrected chi connectivity index (χ3v) is 6.46. The highest BCUT2D eigenvalue weighted by molar-refractivity contribution is 5.95. The first-order chi connectivity index (χ1) is 19.7. The second kappa shape index (κ2) is 13.9. The van der Waals surface area contributed by atoms with Crippen molar-refractivity contribution in [3.63, 3.8) is 0 Å². The van der Waals surface area contributed by atoms with Crippen LogP contribution in [0.4, 0.5) is 10.6 Å². The van der Waals surface area contributed by atoms with Crippen molar-refractivity contribution in [2.45, 2.75) is 65.1 Å². The number of carbonyl (C=O) groups excluding carboxylic acids is 2. The van der Waals surface area contributed by atoms with Gasteiger partial charge in [0.1, 0.15) is 11.4 Å². The quantitative estimate of drug-likeness (QED) is 0.235. The molecule has 0 fully saturated rings. The Labute approximate surface area is 241 Å². The molecular weight excluding hydrogens is 516 g/mol. The summed E-state index contributed by atoms with van der Waals surface area (Å²) < 4.78 is 12.8. The lowest BCUT2D eigenvalue weighted by Crippen LogP contribution is -2.48. The average Bonchev–Trinajstić information content (AvgIpc) is 3.42. The Kier molecular flexibility index (Phi) is 10.1. The van der Waals surface area contributed by atoms with Crippen LogP contribution in [0.5, 0.6) is 0 Å². The van der Waals surface area contributed by atoms with Gasteiger partial charge in [0.05, 0.1) is 12.8 Å². The molecule has 0 aliphatic carbocycles. The highest BCUT2D eigenvalue weighted by atomic mass is 16.6. The molecule has 1 N–H and O–H groups in total. The first-order valence-electron chi connectivity index (χ1n) is 13.8. The zero-order chi connectivity index (χ0) is 29.2. The number of nitrogens with one attached hydrogen (secondary N) is 1. The Morgan fingerprint density at radius 1 is 0.829 bits per heavy atom. The summed E-state index contributed by atoms with van der Waals surface area (Å²) in [5.74, 6) is -0.174. The Morgan fingerprint density at radius 2 is 1.34 bits per heavy atom. The number of amides is 1. The van der Waals surface area contributed by atoms with Gasteiger partial charge in [0, 0.05) is 25.2 Å². The first-order valence-corrected chi connectivity index (χ1v) is 13.8. The van der Waals surface area contributed by atoms with E-state index in [4.69, 9.17) is 9.47 Å². The molecule has 0 aliphatic heterocycles. The monoisotopic (exact) mass is 554 g/mol. The summed E-state index contributed by atoms with van der Waals surface area (Å²) in [6.07, 6.45) is -0.105. The predicted molar refractivity (Wildman–Crippen MR) is 159 cm³/mol. The van der Waals surface area contributed by atoms with E-state index in [9.17, 15) is 9.59 Å². The fraction of sp³-hybridized carbons (Fsp3) is 0.303. The topological polar surface area (TPSA) is 85.7 Å². The van der Waals surface area contributed by atoms with E-state index < -0.39 is 17.8 Å². The molecule has 0 saturated carbocycles. The molecule has 3 aromatic carbocycles. The van der Waals surface area contributed by atoms with Gasteiger partial charge in [0.2, 0.25) is 0 Å². The maximum Gasteiger partial charge on any atom is 0.437 e. The van der Waals surface area contributed by atoms with E-state index >= 15 is 0 Å². The number of hydrogen-bond donors (Lipinski definition) is 1. The van der Waals surface area contributed by atoms with Crippen molar-refractivity contribution in [3.8, 4) is 0 Å². The van der Waals surface area contributed by atoms with Crippen molar-refractivity contribution in [2.75, 3.05) is 5.32 Å². The standard InChI is InChI=1S/C33H38N4O4/c1-25(36(22-26-14-8-5-9-15-26)23-27-16-10-6-11-17-27)30(40-24-28-18-12-7-13-19-28)31(38)35-29-20-21-34-37(29)32(39)41-33(2,3)4/h5-21,25,30H,22-24H2,1-4H3,(H,35,38). The van der Waals surface area contributed by atoms with Crippen LogP contribution >= 0.6 is 0 Å². The number of hydrogen-bond acceptors (Lipinski definition) is 6. The van der Waals surface area contributed by atoms with Gasteiger partial charge < -0.3 is 14.8 Å². The van der Waals surface area contributed by atoms with E-state index in [1.54, 1.807) is 26.8 Å². The number of benzene rings is 3. The molecule has 2 atom stereocenters. The Hall–Kier alpha value is -4.27.